The van der Waals surface area contributed by atoms with Crippen LogP contribution >= 0.6 is 0 Å². The second kappa shape index (κ2) is 6.48. The maximum atomic E-state index is 4.99. The van der Waals surface area contributed by atoms with Crippen molar-refractivity contribution in [1.29, 1.82) is 0 Å². The lowest BCUT2D eigenvalue weighted by molar-refractivity contribution is 0.716. The highest BCUT2D eigenvalue weighted by atomic mass is 14.8. The summed E-state index contributed by atoms with van der Waals surface area (Å²) in [6, 6.07) is 30.1. The van der Waals surface area contributed by atoms with Gasteiger partial charge in [0.25, 0.3) is 0 Å². The number of nitrogens with zero attached hydrogens (tertiary/aromatic N) is 3. The molecule has 1 spiro atoms. The first-order valence-electron chi connectivity index (χ1n) is 10.9. The molecule has 2 aromatic carbocycles. The van der Waals surface area contributed by atoms with Gasteiger partial charge in [0, 0.05) is 35.9 Å². The quantitative estimate of drug-likeness (QED) is 0.393. The fourth-order valence-corrected chi connectivity index (χ4v) is 5.85. The van der Waals surface area contributed by atoms with E-state index in [-0.39, 0.29) is 6.71 Å². The first-order valence-corrected chi connectivity index (χ1v) is 10.9. The zero-order valence-corrected chi connectivity index (χ0v) is 17.3. The highest BCUT2D eigenvalue weighted by molar-refractivity contribution is 6.96. The fraction of sp³-hybridized carbons (Fsp3) is 0.0357. The summed E-state index contributed by atoms with van der Waals surface area (Å²) in [4.78, 5) is 14.5. The molecule has 4 heterocycles. The highest BCUT2D eigenvalue weighted by Crippen LogP contribution is 2.54. The average Bonchev–Trinajstić information content (AvgIpc) is 3.16. The Bertz CT molecular complexity index is 1400. The number of rotatable bonds is 1. The molecule has 0 saturated heterocycles. The van der Waals surface area contributed by atoms with Crippen LogP contribution < -0.4 is 16.4 Å². The van der Waals surface area contributed by atoms with Gasteiger partial charge in [0.1, 0.15) is 5.41 Å². The molecule has 0 bridgehead atoms. The Kier molecular flexibility index (Phi) is 3.56. The molecule has 0 radical (unpaired) electrons. The Labute approximate surface area is 186 Å². The number of hydrogen-bond acceptors (Lipinski definition) is 3. The molecule has 0 N–H and O–H groups in total. The molecule has 3 aromatic heterocycles. The van der Waals surface area contributed by atoms with Crippen LogP contribution in [0.25, 0.3) is 11.1 Å². The van der Waals surface area contributed by atoms with Crippen LogP contribution in [-0.4, -0.2) is 21.7 Å². The molecule has 3 nitrogen and oxygen atoms in total. The average molecular weight is 407 g/mol. The molecule has 1 aliphatic heterocycles. The summed E-state index contributed by atoms with van der Waals surface area (Å²) in [5, 5.41) is 0. The van der Waals surface area contributed by atoms with E-state index in [1.54, 1.807) is 0 Å². The van der Waals surface area contributed by atoms with Crippen LogP contribution in [-0.2, 0) is 5.41 Å². The SMILES string of the molecule is c1ccc(B2c3ccccc3C3(c4ccncc42)c2ncccc2-c2cccnc23)cc1. The van der Waals surface area contributed by atoms with Crippen LogP contribution in [0.4, 0.5) is 0 Å². The smallest absolute Gasteiger partial charge is 0.244 e. The summed E-state index contributed by atoms with van der Waals surface area (Å²) in [6.45, 7) is 0.113. The number of hydrogen-bond donors (Lipinski definition) is 0. The second-order valence-corrected chi connectivity index (χ2v) is 8.44. The van der Waals surface area contributed by atoms with Gasteiger partial charge in [-0.05, 0) is 34.8 Å². The van der Waals surface area contributed by atoms with Gasteiger partial charge in [0.05, 0.1) is 11.4 Å². The molecule has 7 rings (SSSR count). The van der Waals surface area contributed by atoms with Gasteiger partial charge in [-0.1, -0.05) is 77.7 Å². The predicted octanol–water partition coefficient (Wildman–Crippen LogP) is 3.06. The van der Waals surface area contributed by atoms with Gasteiger partial charge in [-0.2, -0.15) is 0 Å². The third-order valence-corrected chi connectivity index (χ3v) is 6.99. The number of pyridine rings is 3. The van der Waals surface area contributed by atoms with E-state index in [4.69, 9.17) is 9.97 Å². The summed E-state index contributed by atoms with van der Waals surface area (Å²) >= 11 is 0. The van der Waals surface area contributed by atoms with Crippen molar-refractivity contribution in [3.63, 3.8) is 0 Å². The summed E-state index contributed by atoms with van der Waals surface area (Å²) in [6.07, 6.45) is 7.74. The third kappa shape index (κ3) is 2.09. The van der Waals surface area contributed by atoms with E-state index < -0.39 is 5.41 Å². The number of fused-ring (bicyclic) bond motifs is 9. The Hall–Kier alpha value is -4.05. The van der Waals surface area contributed by atoms with Crippen molar-refractivity contribution < 1.29 is 0 Å². The summed E-state index contributed by atoms with van der Waals surface area (Å²) in [5.74, 6) is 0. The zero-order valence-electron chi connectivity index (χ0n) is 17.3. The standard InChI is InChI=1S/C28H18BN3/c1-2-8-19(9-3-1)29-24-13-5-4-12-22(24)28(23-14-17-30-18-25(23)29)26-20(10-6-15-31-26)21-11-7-16-32-27(21)28/h1-18H. The number of aromatic nitrogens is 3. The maximum absolute atomic E-state index is 4.99. The van der Waals surface area contributed by atoms with E-state index in [0.29, 0.717) is 0 Å². The van der Waals surface area contributed by atoms with Crippen molar-refractivity contribution in [2.45, 2.75) is 5.41 Å². The maximum Gasteiger partial charge on any atom is 0.244 e. The van der Waals surface area contributed by atoms with Crippen molar-refractivity contribution in [3.8, 4) is 11.1 Å². The van der Waals surface area contributed by atoms with Crippen LogP contribution in [0.1, 0.15) is 22.5 Å². The molecule has 5 aromatic rings. The van der Waals surface area contributed by atoms with Gasteiger partial charge in [0.15, 0.2) is 0 Å². The van der Waals surface area contributed by atoms with Crippen molar-refractivity contribution >= 4 is 23.1 Å². The van der Waals surface area contributed by atoms with E-state index in [1.165, 1.54) is 27.5 Å². The lowest BCUT2D eigenvalue weighted by Crippen LogP contribution is -2.62. The Morgan fingerprint density at radius 3 is 1.97 bits per heavy atom. The highest BCUT2D eigenvalue weighted by Gasteiger charge is 2.54. The first-order chi connectivity index (χ1) is 15.9. The van der Waals surface area contributed by atoms with Gasteiger partial charge in [-0.3, -0.25) is 15.0 Å². The monoisotopic (exact) mass is 407 g/mol. The van der Waals surface area contributed by atoms with Crippen LogP contribution in [0.15, 0.2) is 110 Å². The van der Waals surface area contributed by atoms with E-state index in [2.05, 4.69) is 77.8 Å². The van der Waals surface area contributed by atoms with Gasteiger partial charge < -0.3 is 0 Å². The Balaban J connectivity index is 1.67. The van der Waals surface area contributed by atoms with E-state index >= 15 is 0 Å². The largest absolute Gasteiger partial charge is 0.265 e. The van der Waals surface area contributed by atoms with Gasteiger partial charge in [0.2, 0.25) is 6.71 Å². The van der Waals surface area contributed by atoms with E-state index in [9.17, 15) is 0 Å². The lowest BCUT2D eigenvalue weighted by Gasteiger charge is -2.40. The molecule has 0 unspecified atom stereocenters. The van der Waals surface area contributed by atoms with Gasteiger partial charge >= 0.3 is 0 Å². The molecule has 32 heavy (non-hydrogen) atoms. The summed E-state index contributed by atoms with van der Waals surface area (Å²) in [5.41, 5.74) is 10.1. The van der Waals surface area contributed by atoms with Crippen molar-refractivity contribution in [2.75, 3.05) is 0 Å². The molecule has 0 atom stereocenters. The van der Waals surface area contributed by atoms with E-state index in [0.717, 1.165) is 22.5 Å². The molecule has 148 valence electrons. The molecule has 0 saturated carbocycles. The lowest BCUT2D eigenvalue weighted by atomic mass is 9.31. The Morgan fingerprint density at radius 1 is 0.562 bits per heavy atom. The topological polar surface area (TPSA) is 38.7 Å². The molecule has 0 amide bonds. The molecule has 0 fully saturated rings. The molecule has 1 aliphatic carbocycles. The molecule has 2 aliphatic rings. The van der Waals surface area contributed by atoms with Crippen molar-refractivity contribution in [2.24, 2.45) is 0 Å². The minimum absolute atomic E-state index is 0.113. The normalized spacial score (nSPS) is 14.4. The summed E-state index contributed by atoms with van der Waals surface area (Å²) in [7, 11) is 0. The summed E-state index contributed by atoms with van der Waals surface area (Å²) < 4.78 is 0. The van der Waals surface area contributed by atoms with Crippen LogP contribution in [0.5, 0.6) is 0 Å². The molecule has 4 heteroatoms. The van der Waals surface area contributed by atoms with Crippen molar-refractivity contribution in [3.05, 3.63) is 132 Å². The van der Waals surface area contributed by atoms with Crippen LogP contribution in [0.2, 0.25) is 0 Å². The van der Waals surface area contributed by atoms with Crippen molar-refractivity contribution in [1.82, 2.24) is 15.0 Å². The Morgan fingerprint density at radius 2 is 1.22 bits per heavy atom. The van der Waals surface area contributed by atoms with Crippen LogP contribution in [0.3, 0.4) is 0 Å². The minimum Gasteiger partial charge on any atom is -0.265 e. The molecular weight excluding hydrogens is 389 g/mol. The number of benzene rings is 2. The van der Waals surface area contributed by atoms with Gasteiger partial charge in [-0.25, -0.2) is 0 Å². The molecular formula is C28H18BN3. The van der Waals surface area contributed by atoms with E-state index in [1.807, 2.05) is 36.9 Å². The fourth-order valence-electron chi connectivity index (χ4n) is 5.85. The zero-order chi connectivity index (χ0) is 21.1. The van der Waals surface area contributed by atoms with Crippen LogP contribution in [0, 0.1) is 0 Å². The predicted molar refractivity (Wildman–Crippen MR) is 128 cm³/mol. The minimum atomic E-state index is -0.548. The first kappa shape index (κ1) is 17.6. The second-order valence-electron chi connectivity index (χ2n) is 8.44. The third-order valence-electron chi connectivity index (χ3n) is 6.99. The van der Waals surface area contributed by atoms with Gasteiger partial charge in [-0.15, -0.1) is 0 Å².